The van der Waals surface area contributed by atoms with E-state index in [-0.39, 0.29) is 18.4 Å². The first-order valence-electron chi connectivity index (χ1n) is 9.33. The van der Waals surface area contributed by atoms with Gasteiger partial charge in [-0.3, -0.25) is 4.79 Å². The maximum Gasteiger partial charge on any atom is 0.252 e. The van der Waals surface area contributed by atoms with Crippen LogP contribution in [0.4, 0.5) is 0 Å². The SMILES string of the molecule is CC1CCC(NC(=O)Cc2ccc(S(=O)(=O)N3CCCCC3)s2)CC1. The molecule has 2 aliphatic rings. The molecule has 2 heterocycles. The molecule has 0 spiro atoms. The molecule has 140 valence electrons. The second-order valence-electron chi connectivity index (χ2n) is 7.39. The molecule has 0 unspecified atom stereocenters. The summed E-state index contributed by atoms with van der Waals surface area (Å²) in [5.41, 5.74) is 0. The Balaban J connectivity index is 1.56. The average Bonchev–Trinajstić information content (AvgIpc) is 3.07. The molecule has 25 heavy (non-hydrogen) atoms. The number of amides is 1. The maximum atomic E-state index is 12.7. The monoisotopic (exact) mass is 384 g/mol. The summed E-state index contributed by atoms with van der Waals surface area (Å²) < 4.78 is 27.3. The zero-order chi connectivity index (χ0) is 17.9. The number of piperidine rings is 1. The standard InChI is InChI=1S/C18H28N2O3S2/c1-14-5-7-15(8-6-14)19-17(21)13-16-9-10-18(24-16)25(22,23)20-11-3-2-4-12-20/h9-10,14-15H,2-8,11-13H2,1H3,(H,19,21). The molecule has 1 amide bonds. The number of nitrogens with one attached hydrogen (secondary N) is 1. The molecule has 0 aromatic carbocycles. The van der Waals surface area contributed by atoms with Gasteiger partial charge in [0.1, 0.15) is 4.21 Å². The van der Waals surface area contributed by atoms with Gasteiger partial charge in [-0.15, -0.1) is 11.3 Å². The molecule has 0 atom stereocenters. The van der Waals surface area contributed by atoms with Crippen molar-refractivity contribution in [2.75, 3.05) is 13.1 Å². The molecule has 1 aromatic rings. The molecule has 1 aliphatic carbocycles. The molecule has 1 saturated heterocycles. The summed E-state index contributed by atoms with van der Waals surface area (Å²) >= 11 is 1.23. The van der Waals surface area contributed by atoms with Gasteiger partial charge in [0.15, 0.2) is 0 Å². The van der Waals surface area contributed by atoms with Crippen LogP contribution in [0.1, 0.15) is 56.7 Å². The van der Waals surface area contributed by atoms with Crippen molar-refractivity contribution in [2.45, 2.75) is 68.5 Å². The van der Waals surface area contributed by atoms with Crippen molar-refractivity contribution >= 4 is 27.3 Å². The highest BCUT2D eigenvalue weighted by Gasteiger charge is 2.27. The summed E-state index contributed by atoms with van der Waals surface area (Å²) in [4.78, 5) is 13.1. The lowest BCUT2D eigenvalue weighted by molar-refractivity contribution is -0.121. The zero-order valence-corrected chi connectivity index (χ0v) is 16.5. The number of carbonyl (C=O) groups is 1. The third-order valence-electron chi connectivity index (χ3n) is 5.26. The zero-order valence-electron chi connectivity index (χ0n) is 14.9. The van der Waals surface area contributed by atoms with Crippen LogP contribution >= 0.6 is 11.3 Å². The van der Waals surface area contributed by atoms with E-state index in [0.29, 0.717) is 17.3 Å². The fourth-order valence-electron chi connectivity index (χ4n) is 3.67. The minimum Gasteiger partial charge on any atom is -0.353 e. The first-order valence-corrected chi connectivity index (χ1v) is 11.6. The van der Waals surface area contributed by atoms with Gasteiger partial charge in [-0.25, -0.2) is 8.42 Å². The van der Waals surface area contributed by atoms with Crippen LogP contribution < -0.4 is 5.32 Å². The molecule has 7 heteroatoms. The molecule has 1 aromatic heterocycles. The first-order chi connectivity index (χ1) is 11.9. The number of rotatable bonds is 5. The lowest BCUT2D eigenvalue weighted by Crippen LogP contribution is -2.38. The van der Waals surface area contributed by atoms with Crippen LogP contribution in [0.2, 0.25) is 0 Å². The largest absolute Gasteiger partial charge is 0.353 e. The van der Waals surface area contributed by atoms with Crippen LogP contribution in [0.3, 0.4) is 0 Å². The average molecular weight is 385 g/mol. The summed E-state index contributed by atoms with van der Waals surface area (Å²) in [6.45, 7) is 3.47. The lowest BCUT2D eigenvalue weighted by atomic mass is 9.87. The van der Waals surface area contributed by atoms with Crippen molar-refractivity contribution < 1.29 is 13.2 Å². The number of nitrogens with zero attached hydrogens (tertiary/aromatic N) is 1. The van der Waals surface area contributed by atoms with Gasteiger partial charge in [-0.2, -0.15) is 4.31 Å². The number of hydrogen-bond donors (Lipinski definition) is 1. The van der Waals surface area contributed by atoms with E-state index >= 15 is 0 Å². The number of sulfonamides is 1. The Bertz CT molecular complexity index is 685. The van der Waals surface area contributed by atoms with E-state index in [1.807, 2.05) is 0 Å². The Morgan fingerprint density at radius 2 is 1.84 bits per heavy atom. The molecule has 1 N–H and O–H groups in total. The van der Waals surface area contributed by atoms with Crippen molar-refractivity contribution in [3.8, 4) is 0 Å². The summed E-state index contributed by atoms with van der Waals surface area (Å²) in [7, 11) is -3.39. The quantitative estimate of drug-likeness (QED) is 0.848. The maximum absolute atomic E-state index is 12.7. The van der Waals surface area contributed by atoms with Crippen LogP contribution in [-0.4, -0.2) is 37.8 Å². The Hall–Kier alpha value is -0.920. The van der Waals surface area contributed by atoms with E-state index in [9.17, 15) is 13.2 Å². The van der Waals surface area contributed by atoms with E-state index in [1.165, 1.54) is 24.2 Å². The molecule has 0 radical (unpaired) electrons. The molecule has 5 nitrogen and oxygen atoms in total. The molecule has 1 aliphatic heterocycles. The van der Waals surface area contributed by atoms with E-state index in [0.717, 1.165) is 42.9 Å². The Morgan fingerprint density at radius 1 is 1.16 bits per heavy atom. The van der Waals surface area contributed by atoms with Crippen molar-refractivity contribution in [3.63, 3.8) is 0 Å². The van der Waals surface area contributed by atoms with Gasteiger partial charge in [0.05, 0.1) is 6.42 Å². The molecule has 3 rings (SSSR count). The van der Waals surface area contributed by atoms with Gasteiger partial charge in [0, 0.05) is 24.0 Å². The third kappa shape index (κ3) is 4.83. The van der Waals surface area contributed by atoms with Gasteiger partial charge in [0.25, 0.3) is 10.0 Å². The van der Waals surface area contributed by atoms with E-state index < -0.39 is 10.0 Å². The third-order valence-corrected chi connectivity index (χ3v) is 8.71. The molecule has 1 saturated carbocycles. The normalized spacial score (nSPS) is 25.6. The predicted molar refractivity (Wildman–Crippen MR) is 100 cm³/mol. The Kier molecular flexibility index (Phi) is 6.17. The topological polar surface area (TPSA) is 66.5 Å². The van der Waals surface area contributed by atoms with E-state index in [4.69, 9.17) is 0 Å². The first kappa shape index (κ1) is 18.9. The van der Waals surface area contributed by atoms with Crippen LogP contribution in [0, 0.1) is 5.92 Å². The van der Waals surface area contributed by atoms with Gasteiger partial charge in [-0.05, 0) is 56.6 Å². The fraction of sp³-hybridized carbons (Fsp3) is 0.722. The smallest absolute Gasteiger partial charge is 0.252 e. The molecule has 2 fully saturated rings. The minimum atomic E-state index is -3.39. The highest BCUT2D eigenvalue weighted by atomic mass is 32.2. The van der Waals surface area contributed by atoms with Crippen LogP contribution in [-0.2, 0) is 21.2 Å². The summed E-state index contributed by atoms with van der Waals surface area (Å²) in [6, 6.07) is 3.71. The van der Waals surface area contributed by atoms with Gasteiger partial charge in [-0.1, -0.05) is 13.3 Å². The number of thiophene rings is 1. The second kappa shape index (κ2) is 8.18. The Labute approximate surface area is 154 Å². The van der Waals surface area contributed by atoms with Crippen LogP contribution in [0.5, 0.6) is 0 Å². The second-order valence-corrected chi connectivity index (χ2v) is 10.7. The van der Waals surface area contributed by atoms with Gasteiger partial charge >= 0.3 is 0 Å². The highest BCUT2D eigenvalue weighted by molar-refractivity contribution is 7.91. The van der Waals surface area contributed by atoms with Gasteiger partial charge < -0.3 is 5.32 Å². The summed E-state index contributed by atoms with van der Waals surface area (Å²) in [6.07, 6.45) is 7.66. The fourth-order valence-corrected chi connectivity index (χ4v) is 6.69. The Morgan fingerprint density at radius 3 is 2.52 bits per heavy atom. The molecule has 0 bridgehead atoms. The molecular formula is C18H28N2O3S2. The lowest BCUT2D eigenvalue weighted by Gasteiger charge is -2.26. The van der Waals surface area contributed by atoms with Crippen LogP contribution in [0.25, 0.3) is 0 Å². The highest BCUT2D eigenvalue weighted by Crippen LogP contribution is 2.28. The number of hydrogen-bond acceptors (Lipinski definition) is 4. The van der Waals surface area contributed by atoms with Crippen molar-refractivity contribution in [1.29, 1.82) is 0 Å². The molecular weight excluding hydrogens is 356 g/mol. The van der Waals surface area contributed by atoms with Crippen molar-refractivity contribution in [2.24, 2.45) is 5.92 Å². The van der Waals surface area contributed by atoms with E-state index in [1.54, 1.807) is 16.4 Å². The number of carbonyl (C=O) groups excluding carboxylic acids is 1. The van der Waals surface area contributed by atoms with E-state index in [2.05, 4.69) is 12.2 Å². The van der Waals surface area contributed by atoms with Gasteiger partial charge in [0.2, 0.25) is 5.91 Å². The summed E-state index contributed by atoms with van der Waals surface area (Å²) in [5, 5.41) is 3.11. The summed E-state index contributed by atoms with van der Waals surface area (Å²) in [5.74, 6) is 0.760. The van der Waals surface area contributed by atoms with Crippen LogP contribution in [0.15, 0.2) is 16.3 Å². The van der Waals surface area contributed by atoms with Crippen molar-refractivity contribution in [3.05, 3.63) is 17.0 Å². The minimum absolute atomic E-state index is 0.00308. The predicted octanol–water partition coefficient (Wildman–Crippen LogP) is 3.16. The van der Waals surface area contributed by atoms with Crippen molar-refractivity contribution in [1.82, 2.24) is 9.62 Å².